The number of methoxy groups -OCH3 is 1. The van der Waals surface area contributed by atoms with Crippen LogP contribution in [0.5, 0.6) is 5.75 Å². The minimum absolute atomic E-state index is 0.0544. The van der Waals surface area contributed by atoms with E-state index < -0.39 is 5.97 Å². The lowest BCUT2D eigenvalue weighted by Crippen LogP contribution is -2.42. The first-order chi connectivity index (χ1) is 13.0. The third-order valence-corrected chi connectivity index (χ3v) is 5.18. The summed E-state index contributed by atoms with van der Waals surface area (Å²) in [4.78, 5) is 39.1. The molecule has 0 saturated carbocycles. The molecule has 1 aromatic carbocycles. The Hall–Kier alpha value is -2.77. The Morgan fingerprint density at radius 1 is 1.19 bits per heavy atom. The zero-order valence-corrected chi connectivity index (χ0v) is 15.4. The number of rotatable bonds is 4. The standard InChI is InChI=1S/C19H25N3O5/c1-27-16-6-5-14(12-15(16)22-9-3-2-4-17(22)23)20-19(26)21-10-7-13(8-11-21)18(24)25/h5-6,12-13H,2-4,7-11H2,1H3,(H,20,26)(H,24,25). The molecule has 8 nitrogen and oxygen atoms in total. The van der Waals surface area contributed by atoms with Gasteiger partial charge in [0.15, 0.2) is 0 Å². The number of aliphatic carboxylic acids is 1. The van der Waals surface area contributed by atoms with Gasteiger partial charge in [-0.15, -0.1) is 0 Å². The Kier molecular flexibility index (Phi) is 5.83. The number of hydrogen-bond acceptors (Lipinski definition) is 4. The molecule has 2 heterocycles. The zero-order chi connectivity index (χ0) is 19.4. The van der Waals surface area contributed by atoms with Crippen LogP contribution in [-0.4, -0.2) is 54.7 Å². The maximum atomic E-state index is 12.5. The smallest absolute Gasteiger partial charge is 0.321 e. The first-order valence-electron chi connectivity index (χ1n) is 9.26. The lowest BCUT2D eigenvalue weighted by atomic mass is 9.97. The number of benzene rings is 1. The average Bonchev–Trinajstić information content (AvgIpc) is 2.68. The van der Waals surface area contributed by atoms with Gasteiger partial charge in [0, 0.05) is 31.7 Å². The molecule has 0 bridgehead atoms. The molecule has 2 fully saturated rings. The van der Waals surface area contributed by atoms with Crippen molar-refractivity contribution < 1.29 is 24.2 Å². The van der Waals surface area contributed by atoms with Crippen molar-refractivity contribution in [3.05, 3.63) is 18.2 Å². The summed E-state index contributed by atoms with van der Waals surface area (Å²) in [6, 6.07) is 4.96. The number of hydrogen-bond donors (Lipinski definition) is 2. The number of nitrogens with one attached hydrogen (secondary N) is 1. The Bertz CT molecular complexity index is 728. The molecule has 146 valence electrons. The molecule has 3 amide bonds. The van der Waals surface area contributed by atoms with Crippen molar-refractivity contribution in [3.8, 4) is 5.75 Å². The molecule has 1 aromatic rings. The number of ether oxygens (including phenoxy) is 1. The molecular weight excluding hydrogens is 350 g/mol. The Morgan fingerprint density at radius 3 is 2.56 bits per heavy atom. The Morgan fingerprint density at radius 2 is 1.93 bits per heavy atom. The number of anilines is 2. The van der Waals surface area contributed by atoms with Crippen LogP contribution >= 0.6 is 0 Å². The number of piperidine rings is 2. The van der Waals surface area contributed by atoms with Gasteiger partial charge in [-0.2, -0.15) is 0 Å². The highest BCUT2D eigenvalue weighted by Crippen LogP contribution is 2.33. The van der Waals surface area contributed by atoms with Crippen LogP contribution in [0.2, 0.25) is 0 Å². The summed E-state index contributed by atoms with van der Waals surface area (Å²) in [6.07, 6.45) is 3.25. The maximum Gasteiger partial charge on any atom is 0.321 e. The molecule has 0 aliphatic carbocycles. The van der Waals surface area contributed by atoms with Crippen molar-refractivity contribution in [3.63, 3.8) is 0 Å². The highest BCUT2D eigenvalue weighted by Gasteiger charge is 2.27. The summed E-state index contributed by atoms with van der Waals surface area (Å²) in [5.41, 5.74) is 1.24. The highest BCUT2D eigenvalue weighted by molar-refractivity contribution is 5.97. The average molecular weight is 375 g/mol. The van der Waals surface area contributed by atoms with Crippen LogP contribution in [0.3, 0.4) is 0 Å². The maximum absolute atomic E-state index is 12.5. The first-order valence-corrected chi connectivity index (χ1v) is 9.26. The number of urea groups is 1. The summed E-state index contributed by atoms with van der Waals surface area (Å²) in [5.74, 6) is -0.544. The minimum atomic E-state index is -0.805. The van der Waals surface area contributed by atoms with Gasteiger partial charge < -0.3 is 25.0 Å². The number of amides is 3. The predicted molar refractivity (Wildman–Crippen MR) is 100 cm³/mol. The number of carbonyl (C=O) groups excluding carboxylic acids is 2. The molecule has 0 atom stereocenters. The van der Waals surface area contributed by atoms with E-state index in [-0.39, 0.29) is 17.9 Å². The zero-order valence-electron chi connectivity index (χ0n) is 15.4. The van der Waals surface area contributed by atoms with Gasteiger partial charge in [0.2, 0.25) is 5.91 Å². The van der Waals surface area contributed by atoms with E-state index in [1.165, 1.54) is 0 Å². The Labute approximate surface area is 158 Å². The van der Waals surface area contributed by atoms with Crippen LogP contribution in [0.25, 0.3) is 0 Å². The largest absolute Gasteiger partial charge is 0.495 e. The van der Waals surface area contributed by atoms with Crippen molar-refractivity contribution in [2.45, 2.75) is 32.1 Å². The van der Waals surface area contributed by atoms with Gasteiger partial charge in [-0.3, -0.25) is 9.59 Å². The number of nitrogens with zero attached hydrogens (tertiary/aromatic N) is 2. The van der Waals surface area contributed by atoms with Crippen LogP contribution in [0.1, 0.15) is 32.1 Å². The quantitative estimate of drug-likeness (QED) is 0.842. The number of carboxylic acid groups (broad SMARTS) is 1. The molecule has 0 unspecified atom stereocenters. The van der Waals surface area contributed by atoms with Crippen LogP contribution in [0.15, 0.2) is 18.2 Å². The molecule has 27 heavy (non-hydrogen) atoms. The summed E-state index contributed by atoms with van der Waals surface area (Å²) >= 11 is 0. The molecule has 3 rings (SSSR count). The second-order valence-corrected chi connectivity index (χ2v) is 6.92. The van der Waals surface area contributed by atoms with E-state index in [0.29, 0.717) is 56.0 Å². The number of carbonyl (C=O) groups is 3. The lowest BCUT2D eigenvalue weighted by Gasteiger charge is -2.31. The molecule has 2 N–H and O–H groups in total. The topological polar surface area (TPSA) is 99.2 Å². The molecule has 2 saturated heterocycles. The highest BCUT2D eigenvalue weighted by atomic mass is 16.5. The molecule has 0 aromatic heterocycles. The van der Waals surface area contributed by atoms with Crippen LogP contribution in [0.4, 0.5) is 16.2 Å². The van der Waals surface area contributed by atoms with Crippen LogP contribution in [-0.2, 0) is 9.59 Å². The van der Waals surface area contributed by atoms with E-state index in [9.17, 15) is 14.4 Å². The Balaban J connectivity index is 1.70. The fraction of sp³-hybridized carbons (Fsp3) is 0.526. The van der Waals surface area contributed by atoms with Gasteiger partial charge >= 0.3 is 12.0 Å². The lowest BCUT2D eigenvalue weighted by molar-refractivity contribution is -0.143. The minimum Gasteiger partial charge on any atom is -0.495 e. The van der Waals surface area contributed by atoms with E-state index in [0.717, 1.165) is 12.8 Å². The van der Waals surface area contributed by atoms with Gasteiger partial charge in [-0.1, -0.05) is 0 Å². The molecule has 8 heteroatoms. The summed E-state index contributed by atoms with van der Waals surface area (Å²) in [6.45, 7) is 1.46. The third-order valence-electron chi connectivity index (χ3n) is 5.18. The molecule has 2 aliphatic rings. The van der Waals surface area contributed by atoms with E-state index in [1.54, 1.807) is 35.1 Å². The SMILES string of the molecule is COc1ccc(NC(=O)N2CCC(C(=O)O)CC2)cc1N1CCCCC1=O. The van der Waals surface area contributed by atoms with E-state index in [4.69, 9.17) is 9.84 Å². The normalized spacial score (nSPS) is 18.3. The molecule has 2 aliphatic heterocycles. The van der Waals surface area contributed by atoms with Crippen molar-refractivity contribution >= 4 is 29.3 Å². The summed E-state index contributed by atoms with van der Waals surface area (Å²) in [7, 11) is 1.55. The van der Waals surface area contributed by atoms with E-state index >= 15 is 0 Å². The van der Waals surface area contributed by atoms with Crippen molar-refractivity contribution in [2.24, 2.45) is 5.92 Å². The van der Waals surface area contributed by atoms with Crippen LogP contribution in [0, 0.1) is 5.92 Å². The summed E-state index contributed by atoms with van der Waals surface area (Å²) < 4.78 is 5.38. The number of carboxylic acids is 1. The fourth-order valence-electron chi connectivity index (χ4n) is 3.57. The van der Waals surface area contributed by atoms with Gasteiger partial charge in [0.05, 0.1) is 18.7 Å². The van der Waals surface area contributed by atoms with Crippen LogP contribution < -0.4 is 15.0 Å². The molecule has 0 radical (unpaired) electrons. The second kappa shape index (κ2) is 8.28. The fourth-order valence-corrected chi connectivity index (χ4v) is 3.57. The summed E-state index contributed by atoms with van der Waals surface area (Å²) in [5, 5.41) is 11.9. The van der Waals surface area contributed by atoms with Gasteiger partial charge in [0.1, 0.15) is 5.75 Å². The monoisotopic (exact) mass is 375 g/mol. The second-order valence-electron chi connectivity index (χ2n) is 6.92. The molecular formula is C19H25N3O5. The van der Waals surface area contributed by atoms with Crippen molar-refractivity contribution in [2.75, 3.05) is 37.0 Å². The van der Waals surface area contributed by atoms with Gasteiger partial charge in [0.25, 0.3) is 0 Å². The third kappa shape index (κ3) is 4.32. The van der Waals surface area contributed by atoms with Crippen molar-refractivity contribution in [1.29, 1.82) is 0 Å². The van der Waals surface area contributed by atoms with Gasteiger partial charge in [-0.25, -0.2) is 4.79 Å². The number of likely N-dealkylation sites (tertiary alicyclic amines) is 1. The predicted octanol–water partition coefficient (Wildman–Crippen LogP) is 2.54. The van der Waals surface area contributed by atoms with Crippen molar-refractivity contribution in [1.82, 2.24) is 4.90 Å². The van der Waals surface area contributed by atoms with Gasteiger partial charge in [-0.05, 0) is 43.9 Å². The van der Waals surface area contributed by atoms with E-state index in [2.05, 4.69) is 5.32 Å². The molecule has 0 spiro atoms. The van der Waals surface area contributed by atoms with E-state index in [1.807, 2.05) is 0 Å². The first kappa shape index (κ1) is 19.0.